The van der Waals surface area contributed by atoms with Gasteiger partial charge in [0.25, 0.3) is 0 Å². The lowest BCUT2D eigenvalue weighted by atomic mass is 9.86. The highest BCUT2D eigenvalue weighted by molar-refractivity contribution is 7.92. The highest BCUT2D eigenvalue weighted by Gasteiger charge is 2.69. The lowest BCUT2D eigenvalue weighted by molar-refractivity contribution is -0.168. The third-order valence-corrected chi connectivity index (χ3v) is 7.88. The van der Waals surface area contributed by atoms with Gasteiger partial charge in [-0.1, -0.05) is 17.7 Å². The highest BCUT2D eigenvalue weighted by atomic mass is 32.2. The van der Waals surface area contributed by atoms with Crippen LogP contribution in [0.4, 0.5) is 0 Å². The van der Waals surface area contributed by atoms with E-state index in [4.69, 9.17) is 14.2 Å². The standard InChI is InChI=1S/C18H24O7S/c1-12-5-7-13(8-6-12)26(21,22)18(20)11-25-15-16(18)24-10-17(15,19)14-4-2-3-9-23-14/h5-8,14-16,19-20H,2-4,9-11H2,1H3/t14?,15-,16-,17-,18+/m0/s1. The molecular weight excluding hydrogens is 360 g/mol. The molecule has 0 spiro atoms. The first-order chi connectivity index (χ1) is 12.3. The first-order valence-corrected chi connectivity index (χ1v) is 10.4. The molecule has 3 heterocycles. The highest BCUT2D eigenvalue weighted by Crippen LogP contribution is 2.46. The van der Waals surface area contributed by atoms with Crippen molar-refractivity contribution in [3.63, 3.8) is 0 Å². The van der Waals surface area contributed by atoms with E-state index in [-0.39, 0.29) is 11.5 Å². The minimum absolute atomic E-state index is 0.00260. The first-order valence-electron chi connectivity index (χ1n) is 8.90. The third-order valence-electron chi connectivity index (χ3n) is 5.71. The molecule has 3 aliphatic rings. The maximum atomic E-state index is 13.1. The van der Waals surface area contributed by atoms with E-state index in [0.29, 0.717) is 13.0 Å². The van der Waals surface area contributed by atoms with E-state index in [1.807, 2.05) is 6.92 Å². The molecule has 0 aromatic heterocycles. The van der Waals surface area contributed by atoms with Gasteiger partial charge >= 0.3 is 0 Å². The van der Waals surface area contributed by atoms with E-state index in [1.54, 1.807) is 12.1 Å². The molecule has 5 atom stereocenters. The zero-order chi connectivity index (χ0) is 18.6. The lowest BCUT2D eigenvalue weighted by Crippen LogP contribution is -2.56. The summed E-state index contributed by atoms with van der Waals surface area (Å²) in [7, 11) is -4.14. The van der Waals surface area contributed by atoms with E-state index in [0.717, 1.165) is 18.4 Å². The largest absolute Gasteiger partial charge is 0.382 e. The number of rotatable bonds is 3. The summed E-state index contributed by atoms with van der Waals surface area (Å²) >= 11 is 0. The van der Waals surface area contributed by atoms with E-state index in [1.165, 1.54) is 12.1 Å². The van der Waals surface area contributed by atoms with Crippen LogP contribution in [0, 0.1) is 6.92 Å². The quantitative estimate of drug-likeness (QED) is 0.785. The van der Waals surface area contributed by atoms with Crippen molar-refractivity contribution in [1.29, 1.82) is 0 Å². The molecule has 3 fully saturated rings. The summed E-state index contributed by atoms with van der Waals surface area (Å²) in [5, 5.41) is 22.2. The molecule has 0 aliphatic carbocycles. The molecule has 2 N–H and O–H groups in total. The van der Waals surface area contributed by atoms with E-state index >= 15 is 0 Å². The molecule has 4 rings (SSSR count). The Labute approximate surface area is 152 Å². The van der Waals surface area contributed by atoms with Gasteiger partial charge in [-0.05, 0) is 38.3 Å². The van der Waals surface area contributed by atoms with Crippen LogP contribution in [0.2, 0.25) is 0 Å². The predicted molar refractivity (Wildman–Crippen MR) is 91.3 cm³/mol. The summed E-state index contributed by atoms with van der Waals surface area (Å²) in [4.78, 5) is -2.24. The summed E-state index contributed by atoms with van der Waals surface area (Å²) < 4.78 is 43.1. The van der Waals surface area contributed by atoms with Crippen molar-refractivity contribution in [3.8, 4) is 0 Å². The van der Waals surface area contributed by atoms with Gasteiger partial charge in [0.2, 0.25) is 14.8 Å². The summed E-state index contributed by atoms with van der Waals surface area (Å²) in [6, 6.07) is 6.26. The maximum absolute atomic E-state index is 13.1. The minimum Gasteiger partial charge on any atom is -0.382 e. The van der Waals surface area contributed by atoms with Crippen LogP contribution in [0.3, 0.4) is 0 Å². The second-order valence-electron chi connectivity index (χ2n) is 7.47. The van der Waals surface area contributed by atoms with Crippen molar-refractivity contribution in [2.45, 2.75) is 59.9 Å². The van der Waals surface area contributed by atoms with Crippen LogP contribution in [0.25, 0.3) is 0 Å². The number of aryl methyl sites for hydroxylation is 1. The van der Waals surface area contributed by atoms with Crippen LogP contribution in [0.15, 0.2) is 29.2 Å². The molecule has 7 nitrogen and oxygen atoms in total. The smallest absolute Gasteiger partial charge is 0.223 e. The molecule has 0 saturated carbocycles. The Morgan fingerprint density at radius 2 is 1.69 bits per heavy atom. The molecule has 0 radical (unpaired) electrons. The summed E-state index contributed by atoms with van der Waals surface area (Å²) in [5.74, 6) is 0. The number of fused-ring (bicyclic) bond motifs is 1. The van der Waals surface area contributed by atoms with E-state index in [2.05, 4.69) is 0 Å². The van der Waals surface area contributed by atoms with Gasteiger partial charge < -0.3 is 24.4 Å². The molecule has 0 amide bonds. The third kappa shape index (κ3) is 2.55. The fourth-order valence-corrected chi connectivity index (χ4v) is 5.73. The lowest BCUT2D eigenvalue weighted by Gasteiger charge is -2.37. The van der Waals surface area contributed by atoms with Crippen LogP contribution in [0.5, 0.6) is 0 Å². The van der Waals surface area contributed by atoms with Crippen molar-refractivity contribution >= 4 is 9.84 Å². The number of benzene rings is 1. The van der Waals surface area contributed by atoms with Crippen molar-refractivity contribution < 1.29 is 32.8 Å². The minimum atomic E-state index is -4.14. The number of aliphatic hydroxyl groups is 2. The Bertz CT molecular complexity index is 771. The number of hydrogen-bond donors (Lipinski definition) is 2. The van der Waals surface area contributed by atoms with Gasteiger partial charge in [0.1, 0.15) is 17.8 Å². The first kappa shape index (κ1) is 18.3. The van der Waals surface area contributed by atoms with Gasteiger partial charge in [-0.3, -0.25) is 0 Å². The predicted octanol–water partition coefficient (Wildman–Crippen LogP) is 0.555. The Balaban J connectivity index is 1.64. The number of hydrogen-bond acceptors (Lipinski definition) is 7. The zero-order valence-corrected chi connectivity index (χ0v) is 15.4. The zero-order valence-electron chi connectivity index (χ0n) is 14.6. The Morgan fingerprint density at radius 1 is 1.00 bits per heavy atom. The van der Waals surface area contributed by atoms with Crippen molar-refractivity contribution in [1.82, 2.24) is 0 Å². The molecule has 1 aromatic carbocycles. The molecule has 0 bridgehead atoms. The average Bonchev–Trinajstić information content (AvgIpc) is 3.17. The van der Waals surface area contributed by atoms with Crippen LogP contribution >= 0.6 is 0 Å². The van der Waals surface area contributed by atoms with E-state index in [9.17, 15) is 18.6 Å². The molecule has 1 aromatic rings. The normalized spacial score (nSPS) is 40.5. The molecule has 3 saturated heterocycles. The second-order valence-corrected chi connectivity index (χ2v) is 9.66. The van der Waals surface area contributed by atoms with Gasteiger partial charge in [-0.15, -0.1) is 0 Å². The Hall–Kier alpha value is -1.03. The molecule has 8 heteroatoms. The fraction of sp³-hybridized carbons (Fsp3) is 0.667. The number of ether oxygens (including phenoxy) is 3. The monoisotopic (exact) mass is 384 g/mol. The van der Waals surface area contributed by atoms with Crippen LogP contribution in [-0.2, 0) is 24.0 Å². The molecule has 26 heavy (non-hydrogen) atoms. The van der Waals surface area contributed by atoms with Crippen molar-refractivity contribution in [2.24, 2.45) is 0 Å². The second kappa shape index (κ2) is 6.25. The Morgan fingerprint density at radius 3 is 2.35 bits per heavy atom. The summed E-state index contributed by atoms with van der Waals surface area (Å²) in [5.41, 5.74) is -0.546. The van der Waals surface area contributed by atoms with Crippen LogP contribution in [0.1, 0.15) is 24.8 Å². The van der Waals surface area contributed by atoms with Crippen LogP contribution < -0.4 is 0 Å². The molecule has 144 valence electrons. The molecule has 1 unspecified atom stereocenters. The van der Waals surface area contributed by atoms with Gasteiger partial charge in [-0.2, -0.15) is 0 Å². The average molecular weight is 384 g/mol. The topological polar surface area (TPSA) is 102 Å². The summed E-state index contributed by atoms with van der Waals surface area (Å²) in [6.45, 7) is 1.81. The van der Waals surface area contributed by atoms with Gasteiger partial charge in [-0.25, -0.2) is 8.42 Å². The van der Waals surface area contributed by atoms with Gasteiger partial charge in [0.15, 0.2) is 0 Å². The molecule has 3 aliphatic heterocycles. The SMILES string of the molecule is Cc1ccc(S(=O)(=O)[C@]2(O)CO[C@H]3[C@@H]2OC[C@]3(O)C2CCCCO2)cc1. The van der Waals surface area contributed by atoms with Gasteiger partial charge in [0, 0.05) is 6.61 Å². The summed E-state index contributed by atoms with van der Waals surface area (Å²) in [6.07, 6.45) is -0.115. The van der Waals surface area contributed by atoms with E-state index < -0.39 is 45.3 Å². The van der Waals surface area contributed by atoms with Crippen molar-refractivity contribution in [3.05, 3.63) is 29.8 Å². The van der Waals surface area contributed by atoms with Gasteiger partial charge in [0.05, 0.1) is 24.2 Å². The van der Waals surface area contributed by atoms with Crippen LogP contribution in [-0.4, -0.2) is 67.3 Å². The Kier molecular flexibility index (Phi) is 4.41. The fourth-order valence-electron chi connectivity index (χ4n) is 4.11. The maximum Gasteiger partial charge on any atom is 0.223 e. The van der Waals surface area contributed by atoms with Crippen molar-refractivity contribution in [2.75, 3.05) is 19.8 Å². The molecular formula is C18H24O7S. The number of sulfone groups is 1.